The van der Waals surface area contributed by atoms with Gasteiger partial charge in [0.15, 0.2) is 5.82 Å². The van der Waals surface area contributed by atoms with Gasteiger partial charge < -0.3 is 14.6 Å². The Kier molecular flexibility index (Phi) is 3.09. The van der Waals surface area contributed by atoms with Gasteiger partial charge in [-0.2, -0.15) is 4.98 Å². The summed E-state index contributed by atoms with van der Waals surface area (Å²) < 4.78 is 10.9. The normalized spacial score (nSPS) is 30.9. The summed E-state index contributed by atoms with van der Waals surface area (Å²) in [4.78, 5) is 6.73. The summed E-state index contributed by atoms with van der Waals surface area (Å²) >= 11 is 0. The molecule has 3 heterocycles. The molecule has 1 aromatic heterocycles. The molecule has 2 saturated heterocycles. The molecular weight excluding hydrogens is 220 g/mol. The predicted octanol–water partition coefficient (Wildman–Crippen LogP) is 0.497. The summed E-state index contributed by atoms with van der Waals surface area (Å²) in [6.45, 7) is 3.70. The van der Waals surface area contributed by atoms with Crippen LogP contribution in [0, 0.1) is 0 Å². The van der Waals surface area contributed by atoms with Crippen LogP contribution < -0.4 is 5.32 Å². The summed E-state index contributed by atoms with van der Waals surface area (Å²) in [6, 6.07) is 0.211. The molecule has 0 bridgehead atoms. The largest absolute Gasteiger partial charge is 0.368 e. The van der Waals surface area contributed by atoms with E-state index in [4.69, 9.17) is 9.26 Å². The van der Waals surface area contributed by atoms with Crippen LogP contribution in [0.2, 0.25) is 0 Å². The van der Waals surface area contributed by atoms with E-state index in [9.17, 15) is 0 Å². The number of aromatic nitrogens is 2. The molecular formula is C11H18N4O2. The van der Waals surface area contributed by atoms with Gasteiger partial charge in [0, 0.05) is 26.2 Å². The molecule has 6 heteroatoms. The van der Waals surface area contributed by atoms with E-state index in [0.29, 0.717) is 5.89 Å². The van der Waals surface area contributed by atoms with Crippen molar-refractivity contribution < 1.29 is 9.26 Å². The lowest BCUT2D eigenvalue weighted by Crippen LogP contribution is -2.44. The molecule has 2 fully saturated rings. The minimum atomic E-state index is 0.0121. The van der Waals surface area contributed by atoms with Crippen LogP contribution >= 0.6 is 0 Å². The van der Waals surface area contributed by atoms with E-state index in [1.165, 1.54) is 0 Å². The van der Waals surface area contributed by atoms with Crippen LogP contribution in [0.15, 0.2) is 4.52 Å². The fourth-order valence-corrected chi connectivity index (χ4v) is 2.38. The van der Waals surface area contributed by atoms with Crippen molar-refractivity contribution in [2.45, 2.75) is 25.0 Å². The monoisotopic (exact) mass is 238 g/mol. The Hall–Kier alpha value is -0.980. The van der Waals surface area contributed by atoms with Gasteiger partial charge in [0.1, 0.15) is 6.10 Å². The minimum absolute atomic E-state index is 0.0121. The van der Waals surface area contributed by atoms with Crippen LogP contribution in [-0.2, 0) is 4.74 Å². The zero-order valence-electron chi connectivity index (χ0n) is 10.1. The highest BCUT2D eigenvalue weighted by molar-refractivity contribution is 4.99. The highest BCUT2D eigenvalue weighted by atomic mass is 16.5. The van der Waals surface area contributed by atoms with Gasteiger partial charge in [0.2, 0.25) is 0 Å². The maximum absolute atomic E-state index is 5.54. The van der Waals surface area contributed by atoms with E-state index in [0.717, 1.165) is 44.9 Å². The Bertz CT molecular complexity index is 375. The molecule has 2 aliphatic rings. The highest BCUT2D eigenvalue weighted by Gasteiger charge is 2.28. The zero-order valence-corrected chi connectivity index (χ0v) is 10.1. The van der Waals surface area contributed by atoms with Crippen molar-refractivity contribution in [3.8, 4) is 0 Å². The first-order valence-electron chi connectivity index (χ1n) is 6.20. The Morgan fingerprint density at radius 3 is 3.18 bits per heavy atom. The van der Waals surface area contributed by atoms with Gasteiger partial charge in [-0.3, -0.25) is 4.90 Å². The number of likely N-dealkylation sites (N-methyl/N-ethyl adjacent to an activating group) is 1. The van der Waals surface area contributed by atoms with Crippen molar-refractivity contribution in [1.82, 2.24) is 20.4 Å². The van der Waals surface area contributed by atoms with Crippen molar-refractivity contribution in [3.05, 3.63) is 11.7 Å². The quantitative estimate of drug-likeness (QED) is 0.809. The van der Waals surface area contributed by atoms with Crippen molar-refractivity contribution >= 4 is 0 Å². The Labute approximate surface area is 100 Å². The average Bonchev–Trinajstić information content (AvgIpc) is 3.00. The smallest absolute Gasteiger partial charge is 0.255 e. The van der Waals surface area contributed by atoms with Crippen LogP contribution in [0.3, 0.4) is 0 Å². The van der Waals surface area contributed by atoms with Gasteiger partial charge in [-0.25, -0.2) is 0 Å². The molecule has 6 nitrogen and oxygen atoms in total. The van der Waals surface area contributed by atoms with Gasteiger partial charge >= 0.3 is 0 Å². The third kappa shape index (κ3) is 2.20. The summed E-state index contributed by atoms with van der Waals surface area (Å²) in [7, 11) is 2.09. The van der Waals surface area contributed by atoms with E-state index < -0.39 is 0 Å². The van der Waals surface area contributed by atoms with E-state index in [2.05, 4.69) is 27.4 Å². The third-order valence-corrected chi connectivity index (χ3v) is 3.47. The molecule has 2 unspecified atom stereocenters. The van der Waals surface area contributed by atoms with Crippen molar-refractivity contribution in [3.63, 3.8) is 0 Å². The number of nitrogens with zero attached hydrogens (tertiary/aromatic N) is 3. The third-order valence-electron chi connectivity index (χ3n) is 3.47. The number of hydrogen-bond acceptors (Lipinski definition) is 6. The van der Waals surface area contributed by atoms with Gasteiger partial charge in [-0.05, 0) is 19.9 Å². The van der Waals surface area contributed by atoms with Crippen LogP contribution in [0.5, 0.6) is 0 Å². The summed E-state index contributed by atoms with van der Waals surface area (Å²) in [6.07, 6.45) is 2.08. The van der Waals surface area contributed by atoms with Crippen molar-refractivity contribution in [1.29, 1.82) is 0 Å². The predicted molar refractivity (Wildman–Crippen MR) is 60.5 cm³/mol. The standard InChI is InChI=1S/C11H18N4O2/c1-15-5-4-12-7-8(15)10-13-11(17-14-10)9-3-2-6-16-9/h8-9,12H,2-7H2,1H3. The number of rotatable bonds is 2. The molecule has 0 amide bonds. The number of piperazine rings is 1. The molecule has 0 saturated carbocycles. The van der Waals surface area contributed by atoms with Gasteiger partial charge in [-0.15, -0.1) is 0 Å². The fourth-order valence-electron chi connectivity index (χ4n) is 2.38. The maximum atomic E-state index is 5.54. The first-order valence-corrected chi connectivity index (χ1v) is 6.20. The lowest BCUT2D eigenvalue weighted by molar-refractivity contribution is 0.0835. The van der Waals surface area contributed by atoms with E-state index in [1.54, 1.807) is 0 Å². The number of hydrogen-bond donors (Lipinski definition) is 1. The lowest BCUT2D eigenvalue weighted by Gasteiger charge is -2.30. The van der Waals surface area contributed by atoms with E-state index >= 15 is 0 Å². The molecule has 1 aromatic rings. The molecule has 2 aliphatic heterocycles. The Morgan fingerprint density at radius 1 is 1.47 bits per heavy atom. The molecule has 0 aromatic carbocycles. The second-order valence-electron chi connectivity index (χ2n) is 4.69. The molecule has 0 radical (unpaired) electrons. The number of nitrogens with one attached hydrogen (secondary N) is 1. The van der Waals surface area contributed by atoms with Gasteiger partial charge in [0.05, 0.1) is 6.04 Å². The van der Waals surface area contributed by atoms with Crippen LogP contribution in [0.1, 0.15) is 36.7 Å². The highest BCUT2D eigenvalue weighted by Crippen LogP contribution is 2.28. The molecule has 1 N–H and O–H groups in total. The molecule has 3 rings (SSSR count). The maximum Gasteiger partial charge on any atom is 0.255 e. The first-order chi connectivity index (χ1) is 8.34. The topological polar surface area (TPSA) is 63.4 Å². The van der Waals surface area contributed by atoms with E-state index in [-0.39, 0.29) is 12.1 Å². The fraction of sp³-hybridized carbons (Fsp3) is 0.818. The SMILES string of the molecule is CN1CCNCC1c1noc(C2CCCO2)n1. The first kappa shape index (κ1) is 11.1. The Balaban J connectivity index is 1.74. The van der Waals surface area contributed by atoms with Crippen LogP contribution in [0.4, 0.5) is 0 Å². The molecule has 0 aliphatic carbocycles. The van der Waals surface area contributed by atoms with Crippen molar-refractivity contribution in [2.75, 3.05) is 33.3 Å². The van der Waals surface area contributed by atoms with E-state index in [1.807, 2.05) is 0 Å². The van der Waals surface area contributed by atoms with Gasteiger partial charge in [0.25, 0.3) is 5.89 Å². The average molecular weight is 238 g/mol. The second kappa shape index (κ2) is 4.72. The summed E-state index contributed by atoms with van der Waals surface area (Å²) in [5.41, 5.74) is 0. The molecule has 17 heavy (non-hydrogen) atoms. The van der Waals surface area contributed by atoms with Crippen LogP contribution in [-0.4, -0.2) is 48.3 Å². The number of ether oxygens (including phenoxy) is 1. The zero-order chi connectivity index (χ0) is 11.7. The summed E-state index contributed by atoms with van der Waals surface area (Å²) in [5.74, 6) is 1.40. The van der Waals surface area contributed by atoms with Gasteiger partial charge in [-0.1, -0.05) is 5.16 Å². The second-order valence-corrected chi connectivity index (χ2v) is 4.69. The lowest BCUT2D eigenvalue weighted by atomic mass is 10.2. The molecule has 2 atom stereocenters. The van der Waals surface area contributed by atoms with Crippen molar-refractivity contribution in [2.24, 2.45) is 0 Å². The summed E-state index contributed by atoms with van der Waals surface area (Å²) in [5, 5.41) is 7.44. The molecule has 94 valence electrons. The molecule has 0 spiro atoms. The minimum Gasteiger partial charge on any atom is -0.368 e. The van der Waals surface area contributed by atoms with Crippen LogP contribution in [0.25, 0.3) is 0 Å². The Morgan fingerprint density at radius 2 is 2.41 bits per heavy atom.